The molecule has 1 aromatic heterocycles. The van der Waals surface area contributed by atoms with Crippen LogP contribution in [0.25, 0.3) is 11.0 Å². The predicted octanol–water partition coefficient (Wildman–Crippen LogP) is 6.31. The fourth-order valence-corrected chi connectivity index (χ4v) is 4.64. The van der Waals surface area contributed by atoms with Crippen LogP contribution in [-0.2, 0) is 11.3 Å². The minimum atomic E-state index is -0.123. The van der Waals surface area contributed by atoms with E-state index in [1.165, 1.54) is 6.42 Å². The van der Waals surface area contributed by atoms with E-state index in [1.54, 1.807) is 0 Å². The molecular weight excluding hydrogens is 422 g/mol. The molecule has 6 heteroatoms. The highest BCUT2D eigenvalue weighted by molar-refractivity contribution is 6.30. The van der Waals surface area contributed by atoms with Crippen LogP contribution in [-0.4, -0.2) is 22.1 Å². The molecule has 1 aliphatic rings. The molecule has 1 N–H and O–H groups in total. The van der Waals surface area contributed by atoms with E-state index < -0.39 is 0 Å². The Balaban J connectivity index is 1.38. The van der Waals surface area contributed by atoms with E-state index in [0.717, 1.165) is 67.7 Å². The number of hydrogen-bond donors (Lipinski definition) is 1. The van der Waals surface area contributed by atoms with Crippen molar-refractivity contribution in [1.29, 1.82) is 0 Å². The molecule has 0 aliphatic heterocycles. The van der Waals surface area contributed by atoms with E-state index in [-0.39, 0.29) is 17.9 Å². The third-order valence-corrected chi connectivity index (χ3v) is 6.52. The van der Waals surface area contributed by atoms with Gasteiger partial charge in [-0.1, -0.05) is 43.0 Å². The number of fused-ring (bicyclic) bond motifs is 1. The lowest BCUT2D eigenvalue weighted by Gasteiger charge is -2.23. The van der Waals surface area contributed by atoms with Crippen molar-refractivity contribution in [2.45, 2.75) is 64.5 Å². The molecule has 1 saturated carbocycles. The van der Waals surface area contributed by atoms with Gasteiger partial charge in [-0.25, -0.2) is 4.98 Å². The van der Waals surface area contributed by atoms with Crippen molar-refractivity contribution >= 4 is 28.5 Å². The van der Waals surface area contributed by atoms with Gasteiger partial charge in [-0.05, 0) is 69.0 Å². The number of para-hydroxylation sites is 2. The number of rotatable bonds is 9. The number of carbonyl (C=O) groups excluding carboxylic acids is 1. The normalized spacial score (nSPS) is 15.6. The summed E-state index contributed by atoms with van der Waals surface area (Å²) in [6, 6.07) is 15.5. The van der Waals surface area contributed by atoms with Gasteiger partial charge in [-0.15, -0.1) is 0 Å². The van der Waals surface area contributed by atoms with E-state index in [1.807, 2.05) is 49.4 Å². The Bertz CT molecular complexity index is 1030. The number of ether oxygens (including phenoxy) is 1. The maximum Gasteiger partial charge on any atom is 0.223 e. The van der Waals surface area contributed by atoms with Crippen LogP contribution in [0.3, 0.4) is 0 Å². The summed E-state index contributed by atoms with van der Waals surface area (Å²) >= 11 is 5.93. The first kappa shape index (κ1) is 22.7. The molecule has 2 aromatic carbocycles. The summed E-state index contributed by atoms with van der Waals surface area (Å²) in [5, 5.41) is 3.95. The Morgan fingerprint density at radius 1 is 1.12 bits per heavy atom. The summed E-state index contributed by atoms with van der Waals surface area (Å²) in [5.41, 5.74) is 2.08. The van der Waals surface area contributed by atoms with Crippen molar-refractivity contribution in [3.8, 4) is 5.75 Å². The number of hydrogen-bond acceptors (Lipinski definition) is 3. The molecule has 1 atom stereocenters. The van der Waals surface area contributed by atoms with Crippen LogP contribution in [0.5, 0.6) is 5.75 Å². The third-order valence-electron chi connectivity index (χ3n) is 6.26. The summed E-state index contributed by atoms with van der Waals surface area (Å²) < 4.78 is 8.08. The van der Waals surface area contributed by atoms with Crippen LogP contribution >= 0.6 is 11.6 Å². The minimum Gasteiger partial charge on any atom is -0.494 e. The first-order chi connectivity index (χ1) is 15.6. The number of nitrogens with one attached hydrogen (secondary N) is 1. The second-order valence-electron chi connectivity index (χ2n) is 8.69. The summed E-state index contributed by atoms with van der Waals surface area (Å²) in [4.78, 5) is 17.7. The molecule has 0 spiro atoms. The van der Waals surface area contributed by atoms with Gasteiger partial charge in [0.15, 0.2) is 0 Å². The maximum absolute atomic E-state index is 12.8. The number of carbonyl (C=O) groups is 1. The number of unbranched alkanes of at least 4 members (excludes halogenated alkanes) is 1. The zero-order valence-electron chi connectivity index (χ0n) is 18.7. The summed E-state index contributed by atoms with van der Waals surface area (Å²) in [7, 11) is 0. The van der Waals surface area contributed by atoms with Crippen molar-refractivity contribution in [3.05, 3.63) is 59.4 Å². The van der Waals surface area contributed by atoms with Gasteiger partial charge in [0.2, 0.25) is 5.91 Å². The second-order valence-corrected chi connectivity index (χ2v) is 9.12. The van der Waals surface area contributed by atoms with Crippen LogP contribution in [0, 0.1) is 5.92 Å². The lowest BCUT2D eigenvalue weighted by molar-refractivity contribution is -0.126. The molecule has 1 unspecified atom stereocenters. The van der Waals surface area contributed by atoms with Crippen molar-refractivity contribution in [3.63, 3.8) is 0 Å². The lowest BCUT2D eigenvalue weighted by atomic mass is 9.88. The first-order valence-corrected chi connectivity index (χ1v) is 12.1. The van der Waals surface area contributed by atoms with Gasteiger partial charge in [-0.3, -0.25) is 4.79 Å². The zero-order chi connectivity index (χ0) is 22.3. The molecule has 4 rings (SSSR count). The number of aromatic nitrogens is 2. The van der Waals surface area contributed by atoms with Gasteiger partial charge in [0.1, 0.15) is 11.6 Å². The average molecular weight is 454 g/mol. The zero-order valence-corrected chi connectivity index (χ0v) is 19.5. The number of nitrogens with zero attached hydrogens (tertiary/aromatic N) is 2. The standard InChI is InChI=1S/C26H32ClN3O2/c1-19(28-26(31)20-9-3-2-4-10-20)25-29-23-11-5-6-12-24(23)30(25)17-7-8-18-32-22-15-13-21(27)14-16-22/h5-6,11-16,19-20H,2-4,7-10,17-18H2,1H3,(H,28,31). The molecule has 3 aromatic rings. The smallest absolute Gasteiger partial charge is 0.223 e. The Morgan fingerprint density at radius 2 is 1.88 bits per heavy atom. The average Bonchev–Trinajstić information content (AvgIpc) is 3.19. The SMILES string of the molecule is CC(NC(=O)C1CCCCC1)c1nc2ccccc2n1CCCCOc1ccc(Cl)cc1. The van der Waals surface area contributed by atoms with Gasteiger partial charge >= 0.3 is 0 Å². The van der Waals surface area contributed by atoms with Crippen LogP contribution < -0.4 is 10.1 Å². The Morgan fingerprint density at radius 3 is 2.66 bits per heavy atom. The highest BCUT2D eigenvalue weighted by atomic mass is 35.5. The van der Waals surface area contributed by atoms with Gasteiger partial charge in [0, 0.05) is 17.5 Å². The van der Waals surface area contributed by atoms with Crippen molar-refractivity contribution in [1.82, 2.24) is 14.9 Å². The van der Waals surface area contributed by atoms with Gasteiger partial charge in [-0.2, -0.15) is 0 Å². The molecule has 1 heterocycles. The molecule has 0 radical (unpaired) electrons. The van der Waals surface area contributed by atoms with Crippen molar-refractivity contribution in [2.75, 3.05) is 6.61 Å². The number of halogens is 1. The Labute approximate surface area is 195 Å². The van der Waals surface area contributed by atoms with Gasteiger partial charge < -0.3 is 14.6 Å². The predicted molar refractivity (Wildman–Crippen MR) is 129 cm³/mol. The van der Waals surface area contributed by atoms with Crippen LogP contribution in [0.4, 0.5) is 0 Å². The fraction of sp³-hybridized carbons (Fsp3) is 0.462. The Kier molecular flexibility index (Phi) is 7.69. The monoisotopic (exact) mass is 453 g/mol. The highest BCUT2D eigenvalue weighted by Gasteiger charge is 2.24. The highest BCUT2D eigenvalue weighted by Crippen LogP contribution is 2.26. The molecule has 0 bridgehead atoms. The van der Waals surface area contributed by atoms with Gasteiger partial charge in [0.05, 0.1) is 23.7 Å². The Hall–Kier alpha value is -2.53. The molecule has 5 nitrogen and oxygen atoms in total. The molecule has 1 amide bonds. The molecule has 0 saturated heterocycles. The molecule has 1 aliphatic carbocycles. The third kappa shape index (κ3) is 5.63. The van der Waals surface area contributed by atoms with Crippen molar-refractivity contribution in [2.24, 2.45) is 5.92 Å². The molecule has 1 fully saturated rings. The summed E-state index contributed by atoms with van der Waals surface area (Å²) in [6.07, 6.45) is 7.45. The van der Waals surface area contributed by atoms with Crippen LogP contribution in [0.2, 0.25) is 5.02 Å². The molecular formula is C26H32ClN3O2. The van der Waals surface area contributed by atoms with E-state index in [2.05, 4.69) is 16.0 Å². The van der Waals surface area contributed by atoms with Crippen molar-refractivity contribution < 1.29 is 9.53 Å². The van der Waals surface area contributed by atoms with E-state index in [0.29, 0.717) is 11.6 Å². The quantitative estimate of drug-likeness (QED) is 0.386. The fourth-order valence-electron chi connectivity index (χ4n) is 4.51. The van der Waals surface area contributed by atoms with Crippen LogP contribution in [0.1, 0.15) is 63.7 Å². The van der Waals surface area contributed by atoms with Crippen LogP contribution in [0.15, 0.2) is 48.5 Å². The van der Waals surface area contributed by atoms with E-state index >= 15 is 0 Å². The summed E-state index contributed by atoms with van der Waals surface area (Å²) in [5.74, 6) is 2.08. The largest absolute Gasteiger partial charge is 0.494 e. The van der Waals surface area contributed by atoms with E-state index in [9.17, 15) is 4.79 Å². The number of aryl methyl sites for hydroxylation is 1. The molecule has 32 heavy (non-hydrogen) atoms. The number of amides is 1. The number of benzene rings is 2. The lowest BCUT2D eigenvalue weighted by Crippen LogP contribution is -2.35. The number of imidazole rings is 1. The molecule has 170 valence electrons. The van der Waals surface area contributed by atoms with Gasteiger partial charge in [0.25, 0.3) is 0 Å². The summed E-state index contributed by atoms with van der Waals surface area (Å²) in [6.45, 7) is 3.53. The van der Waals surface area contributed by atoms with E-state index in [4.69, 9.17) is 21.3 Å². The first-order valence-electron chi connectivity index (χ1n) is 11.8. The topological polar surface area (TPSA) is 56.2 Å². The minimum absolute atomic E-state index is 0.123. The maximum atomic E-state index is 12.8. The second kappa shape index (κ2) is 10.9.